The van der Waals surface area contributed by atoms with Crippen molar-refractivity contribution in [1.29, 1.82) is 5.26 Å². The van der Waals surface area contributed by atoms with Crippen LogP contribution in [-0.2, 0) is 9.59 Å². The van der Waals surface area contributed by atoms with E-state index in [1.165, 1.54) is 0 Å². The molecule has 24 heavy (non-hydrogen) atoms. The van der Waals surface area contributed by atoms with Crippen LogP contribution in [-0.4, -0.2) is 54.3 Å². The molecule has 0 aliphatic carbocycles. The number of piperazine rings is 1. The van der Waals surface area contributed by atoms with Crippen LogP contribution in [0.15, 0.2) is 24.3 Å². The largest absolute Gasteiger partial charge is 0.339 e. The summed E-state index contributed by atoms with van der Waals surface area (Å²) in [4.78, 5) is 29.4. The Kier molecular flexibility index (Phi) is 5.58. The van der Waals surface area contributed by atoms with Gasteiger partial charge >= 0.3 is 0 Å². The van der Waals surface area contributed by atoms with E-state index < -0.39 is 5.41 Å². The molecule has 1 heterocycles. The summed E-state index contributed by atoms with van der Waals surface area (Å²) < 4.78 is 0. The highest BCUT2D eigenvalue weighted by molar-refractivity contribution is 6.09. The average molecular weight is 328 g/mol. The third-order valence-electron chi connectivity index (χ3n) is 4.48. The van der Waals surface area contributed by atoms with Crippen LogP contribution in [0, 0.1) is 16.7 Å². The lowest BCUT2D eigenvalue weighted by Gasteiger charge is -2.37. The van der Waals surface area contributed by atoms with E-state index >= 15 is 0 Å². The number of hydrogen-bond donors (Lipinski definition) is 1. The molecule has 6 heteroatoms. The van der Waals surface area contributed by atoms with E-state index in [-0.39, 0.29) is 11.8 Å². The number of likely N-dealkylation sites (N-methyl/N-ethyl adjacent to an activating group) is 1. The Morgan fingerprint density at radius 2 is 1.75 bits per heavy atom. The number of hydrogen-bond acceptors (Lipinski definition) is 4. The maximum atomic E-state index is 12.8. The summed E-state index contributed by atoms with van der Waals surface area (Å²) in [6, 6.07) is 8.62. The molecule has 128 valence electrons. The molecule has 2 amide bonds. The Bertz CT molecular complexity index is 638. The van der Waals surface area contributed by atoms with Gasteiger partial charge in [-0.25, -0.2) is 0 Å². The monoisotopic (exact) mass is 328 g/mol. The summed E-state index contributed by atoms with van der Waals surface area (Å²) in [5, 5.41) is 11.6. The minimum absolute atomic E-state index is 0.149. The lowest BCUT2D eigenvalue weighted by Crippen LogP contribution is -2.54. The molecule has 0 atom stereocenters. The van der Waals surface area contributed by atoms with Crippen LogP contribution in [0.25, 0.3) is 0 Å². The van der Waals surface area contributed by atoms with Gasteiger partial charge in [0.1, 0.15) is 5.41 Å². The maximum Gasteiger partial charge on any atom is 0.239 e. The quantitative estimate of drug-likeness (QED) is 0.853. The average Bonchev–Trinajstić information content (AvgIpc) is 2.61. The van der Waals surface area contributed by atoms with Crippen molar-refractivity contribution in [2.24, 2.45) is 5.41 Å². The lowest BCUT2D eigenvalue weighted by atomic mass is 9.89. The summed E-state index contributed by atoms with van der Waals surface area (Å²) in [5.74, 6) is -0.487. The number of rotatable bonds is 4. The Labute approximate surface area is 143 Å². The van der Waals surface area contributed by atoms with Gasteiger partial charge in [-0.15, -0.1) is 0 Å². The van der Waals surface area contributed by atoms with Crippen molar-refractivity contribution in [2.45, 2.75) is 20.8 Å². The van der Waals surface area contributed by atoms with Crippen molar-refractivity contribution in [3.63, 3.8) is 0 Å². The zero-order valence-electron chi connectivity index (χ0n) is 14.5. The van der Waals surface area contributed by atoms with Gasteiger partial charge in [-0.1, -0.05) is 6.92 Å². The molecule has 0 bridgehead atoms. The number of amides is 2. The predicted octanol–water partition coefficient (Wildman–Crippen LogP) is 1.69. The van der Waals surface area contributed by atoms with E-state index in [0.717, 1.165) is 19.6 Å². The van der Waals surface area contributed by atoms with E-state index in [9.17, 15) is 9.59 Å². The van der Waals surface area contributed by atoms with Crippen LogP contribution < -0.4 is 5.32 Å². The SMILES string of the molecule is CCN1CCN(C(=O)C(C)(C)C(=O)Nc2ccc(C#N)cc2)CC1. The highest BCUT2D eigenvalue weighted by Gasteiger charge is 2.39. The highest BCUT2D eigenvalue weighted by Crippen LogP contribution is 2.23. The van der Waals surface area contributed by atoms with Gasteiger partial charge in [-0.3, -0.25) is 9.59 Å². The number of nitriles is 1. The number of benzene rings is 1. The van der Waals surface area contributed by atoms with Crippen molar-refractivity contribution < 1.29 is 9.59 Å². The second-order valence-corrected chi connectivity index (χ2v) is 6.49. The molecular formula is C18H24N4O2. The van der Waals surface area contributed by atoms with Gasteiger partial charge in [0.25, 0.3) is 0 Å². The van der Waals surface area contributed by atoms with Gasteiger partial charge in [-0.05, 0) is 44.7 Å². The fourth-order valence-electron chi connectivity index (χ4n) is 2.68. The molecule has 1 aliphatic rings. The first-order chi connectivity index (χ1) is 11.4. The van der Waals surface area contributed by atoms with Crippen molar-refractivity contribution >= 4 is 17.5 Å². The molecule has 1 aromatic carbocycles. The third-order valence-corrected chi connectivity index (χ3v) is 4.48. The van der Waals surface area contributed by atoms with E-state index in [1.54, 1.807) is 43.0 Å². The first kappa shape index (κ1) is 18.0. The fourth-order valence-corrected chi connectivity index (χ4v) is 2.68. The summed E-state index contributed by atoms with van der Waals surface area (Å²) in [7, 11) is 0. The fraction of sp³-hybridized carbons (Fsp3) is 0.500. The van der Waals surface area contributed by atoms with E-state index in [0.29, 0.717) is 24.3 Å². The summed E-state index contributed by atoms with van der Waals surface area (Å²) >= 11 is 0. The van der Waals surface area contributed by atoms with Crippen LogP contribution in [0.4, 0.5) is 5.69 Å². The summed E-state index contributed by atoms with van der Waals surface area (Å²) in [5.41, 5.74) is -0.0322. The lowest BCUT2D eigenvalue weighted by molar-refractivity contribution is -0.147. The van der Waals surface area contributed by atoms with Crippen molar-refractivity contribution in [3.8, 4) is 6.07 Å². The summed E-state index contributed by atoms with van der Waals surface area (Å²) in [6.45, 7) is 9.38. The minimum atomic E-state index is -1.14. The zero-order chi connectivity index (χ0) is 17.7. The molecule has 0 unspecified atom stereocenters. The van der Waals surface area contributed by atoms with Crippen LogP contribution in [0.1, 0.15) is 26.3 Å². The zero-order valence-corrected chi connectivity index (χ0v) is 14.5. The molecule has 0 radical (unpaired) electrons. The molecule has 0 saturated carbocycles. The van der Waals surface area contributed by atoms with E-state index in [1.807, 2.05) is 6.07 Å². The second kappa shape index (κ2) is 7.45. The Balaban J connectivity index is 2.01. The standard InChI is InChI=1S/C18H24N4O2/c1-4-21-9-11-22(12-10-21)17(24)18(2,3)16(23)20-15-7-5-14(13-19)6-8-15/h5-8H,4,9-12H2,1-3H3,(H,20,23). The topological polar surface area (TPSA) is 76.4 Å². The van der Waals surface area contributed by atoms with Crippen molar-refractivity contribution in [2.75, 3.05) is 38.0 Å². The molecule has 1 saturated heterocycles. The smallest absolute Gasteiger partial charge is 0.239 e. The third kappa shape index (κ3) is 3.92. The molecule has 1 fully saturated rings. The minimum Gasteiger partial charge on any atom is -0.339 e. The first-order valence-electron chi connectivity index (χ1n) is 8.22. The molecule has 2 rings (SSSR count). The van der Waals surface area contributed by atoms with Gasteiger partial charge in [0.2, 0.25) is 11.8 Å². The highest BCUT2D eigenvalue weighted by atomic mass is 16.2. The van der Waals surface area contributed by atoms with Crippen molar-refractivity contribution in [3.05, 3.63) is 29.8 Å². The van der Waals surface area contributed by atoms with Gasteiger partial charge in [-0.2, -0.15) is 5.26 Å². The Hall–Kier alpha value is -2.39. The van der Waals surface area contributed by atoms with E-state index in [2.05, 4.69) is 17.1 Å². The normalized spacial score (nSPS) is 15.7. The van der Waals surface area contributed by atoms with Crippen LogP contribution in [0.2, 0.25) is 0 Å². The Morgan fingerprint density at radius 3 is 2.25 bits per heavy atom. The predicted molar refractivity (Wildman–Crippen MR) is 92.3 cm³/mol. The molecule has 0 aromatic heterocycles. The molecule has 1 N–H and O–H groups in total. The molecule has 1 aliphatic heterocycles. The number of carbonyl (C=O) groups is 2. The first-order valence-corrected chi connectivity index (χ1v) is 8.22. The van der Waals surface area contributed by atoms with Crippen LogP contribution in [0.5, 0.6) is 0 Å². The number of anilines is 1. The maximum absolute atomic E-state index is 12.8. The number of nitrogens with one attached hydrogen (secondary N) is 1. The van der Waals surface area contributed by atoms with Gasteiger partial charge in [0.15, 0.2) is 0 Å². The van der Waals surface area contributed by atoms with Gasteiger partial charge < -0.3 is 15.1 Å². The van der Waals surface area contributed by atoms with E-state index in [4.69, 9.17) is 5.26 Å². The van der Waals surface area contributed by atoms with Crippen LogP contribution in [0.3, 0.4) is 0 Å². The molecule has 6 nitrogen and oxygen atoms in total. The number of carbonyl (C=O) groups excluding carboxylic acids is 2. The molecular weight excluding hydrogens is 304 g/mol. The van der Waals surface area contributed by atoms with Crippen LogP contribution >= 0.6 is 0 Å². The molecule has 1 aromatic rings. The second-order valence-electron chi connectivity index (χ2n) is 6.49. The van der Waals surface area contributed by atoms with Gasteiger partial charge in [0, 0.05) is 31.9 Å². The number of nitrogens with zero attached hydrogens (tertiary/aromatic N) is 3. The Morgan fingerprint density at radius 1 is 1.17 bits per heavy atom. The summed E-state index contributed by atoms with van der Waals surface area (Å²) in [6.07, 6.45) is 0. The van der Waals surface area contributed by atoms with Crippen molar-refractivity contribution in [1.82, 2.24) is 9.80 Å². The molecule has 0 spiro atoms. The van der Waals surface area contributed by atoms with Gasteiger partial charge in [0.05, 0.1) is 11.6 Å².